The van der Waals surface area contributed by atoms with Gasteiger partial charge in [0.15, 0.2) is 0 Å². The van der Waals surface area contributed by atoms with Crippen LogP contribution in [0.4, 0.5) is 0 Å². The standard InChI is InChI=1S/C22H27NO2.ClH/c24-22(25)21-12-7-14-23(17-21)15-13-20(19-10-5-2-6-11-19)16-18-8-3-1-4-9-18;/h1-6,8-11,20-21H,7,12-17H2,(H,24,25);1H. The van der Waals surface area contributed by atoms with Gasteiger partial charge in [0, 0.05) is 6.54 Å². The molecule has 2 aromatic rings. The van der Waals surface area contributed by atoms with E-state index in [2.05, 4.69) is 65.6 Å². The molecule has 1 aliphatic heterocycles. The molecule has 2 aromatic carbocycles. The highest BCUT2D eigenvalue weighted by molar-refractivity contribution is 5.85. The van der Waals surface area contributed by atoms with Crippen molar-refractivity contribution in [1.29, 1.82) is 0 Å². The zero-order valence-electron chi connectivity index (χ0n) is 15.1. The molecule has 1 fully saturated rings. The first kappa shape index (κ1) is 20.5. The third kappa shape index (κ3) is 5.86. The number of carboxylic acid groups (broad SMARTS) is 1. The number of hydrogen-bond donors (Lipinski definition) is 1. The summed E-state index contributed by atoms with van der Waals surface area (Å²) < 4.78 is 0. The highest BCUT2D eigenvalue weighted by Gasteiger charge is 2.25. The van der Waals surface area contributed by atoms with Gasteiger partial charge in [-0.3, -0.25) is 4.79 Å². The fraction of sp³-hybridized carbons (Fsp3) is 0.409. The van der Waals surface area contributed by atoms with Gasteiger partial charge in [-0.15, -0.1) is 12.4 Å². The highest BCUT2D eigenvalue weighted by Crippen LogP contribution is 2.26. The molecule has 0 amide bonds. The number of carboxylic acids is 1. The van der Waals surface area contributed by atoms with Crippen LogP contribution in [0.3, 0.4) is 0 Å². The highest BCUT2D eigenvalue weighted by atomic mass is 35.5. The van der Waals surface area contributed by atoms with E-state index in [-0.39, 0.29) is 18.3 Å². The van der Waals surface area contributed by atoms with Crippen LogP contribution in [0.1, 0.15) is 36.3 Å². The SMILES string of the molecule is Cl.O=C(O)C1CCCN(CCC(Cc2ccccc2)c2ccccc2)C1. The fourth-order valence-electron chi connectivity index (χ4n) is 3.81. The molecule has 0 bridgehead atoms. The zero-order valence-corrected chi connectivity index (χ0v) is 15.9. The Kier molecular flexibility index (Phi) is 8.14. The van der Waals surface area contributed by atoms with E-state index in [1.54, 1.807) is 0 Å². The van der Waals surface area contributed by atoms with Gasteiger partial charge in [-0.25, -0.2) is 0 Å². The molecule has 0 aliphatic carbocycles. The Morgan fingerprint density at radius 3 is 2.38 bits per heavy atom. The number of likely N-dealkylation sites (tertiary alicyclic amines) is 1. The third-order valence-corrected chi connectivity index (χ3v) is 5.24. The molecule has 4 heteroatoms. The molecule has 3 rings (SSSR count). The molecular formula is C22H28ClNO2. The molecule has 0 spiro atoms. The lowest BCUT2D eigenvalue weighted by Crippen LogP contribution is -2.39. The summed E-state index contributed by atoms with van der Waals surface area (Å²) in [5.74, 6) is -0.375. The van der Waals surface area contributed by atoms with Crippen molar-refractivity contribution in [1.82, 2.24) is 4.90 Å². The number of piperidine rings is 1. The number of halogens is 1. The summed E-state index contributed by atoms with van der Waals surface area (Å²) in [5.41, 5.74) is 2.73. The van der Waals surface area contributed by atoms with Gasteiger partial charge in [0.05, 0.1) is 5.92 Å². The normalized spacial score (nSPS) is 18.7. The first-order valence-electron chi connectivity index (χ1n) is 9.26. The number of rotatable bonds is 7. The van der Waals surface area contributed by atoms with Crippen LogP contribution in [0.25, 0.3) is 0 Å². The number of benzene rings is 2. The van der Waals surface area contributed by atoms with Crippen LogP contribution >= 0.6 is 12.4 Å². The molecule has 0 aromatic heterocycles. The van der Waals surface area contributed by atoms with Crippen LogP contribution in [0, 0.1) is 5.92 Å². The Bertz CT molecular complexity index is 662. The first-order chi connectivity index (χ1) is 12.2. The largest absolute Gasteiger partial charge is 0.481 e. The molecule has 0 saturated carbocycles. The maximum Gasteiger partial charge on any atom is 0.307 e. The van der Waals surface area contributed by atoms with Crippen molar-refractivity contribution in [3.8, 4) is 0 Å². The molecule has 1 saturated heterocycles. The number of hydrogen-bond acceptors (Lipinski definition) is 2. The lowest BCUT2D eigenvalue weighted by Gasteiger charge is -2.32. The van der Waals surface area contributed by atoms with Crippen molar-refractivity contribution in [2.24, 2.45) is 5.92 Å². The van der Waals surface area contributed by atoms with E-state index < -0.39 is 5.97 Å². The Labute approximate surface area is 162 Å². The minimum Gasteiger partial charge on any atom is -0.481 e. The fourth-order valence-corrected chi connectivity index (χ4v) is 3.81. The molecule has 2 unspecified atom stereocenters. The minimum absolute atomic E-state index is 0. The third-order valence-electron chi connectivity index (χ3n) is 5.24. The van der Waals surface area contributed by atoms with Crippen molar-refractivity contribution in [3.63, 3.8) is 0 Å². The Morgan fingerprint density at radius 1 is 1.08 bits per heavy atom. The van der Waals surface area contributed by atoms with Crippen molar-refractivity contribution < 1.29 is 9.90 Å². The predicted octanol–water partition coefficient (Wildman–Crippen LogP) is 4.62. The van der Waals surface area contributed by atoms with Crippen molar-refractivity contribution in [2.45, 2.75) is 31.6 Å². The average Bonchev–Trinajstić information content (AvgIpc) is 2.67. The molecule has 26 heavy (non-hydrogen) atoms. The number of aliphatic carboxylic acids is 1. The van der Waals surface area contributed by atoms with Crippen molar-refractivity contribution in [3.05, 3.63) is 71.8 Å². The second kappa shape index (κ2) is 10.3. The van der Waals surface area contributed by atoms with Gasteiger partial charge < -0.3 is 10.0 Å². The summed E-state index contributed by atoms with van der Waals surface area (Å²) in [6.07, 6.45) is 3.90. The maximum absolute atomic E-state index is 11.3. The number of nitrogens with zero attached hydrogens (tertiary/aromatic N) is 1. The van der Waals surface area contributed by atoms with Gasteiger partial charge in [-0.1, -0.05) is 60.7 Å². The van der Waals surface area contributed by atoms with E-state index in [9.17, 15) is 9.90 Å². The summed E-state index contributed by atoms with van der Waals surface area (Å²) in [7, 11) is 0. The van der Waals surface area contributed by atoms with Gasteiger partial charge in [0.1, 0.15) is 0 Å². The summed E-state index contributed by atoms with van der Waals surface area (Å²) in [6, 6.07) is 21.3. The lowest BCUT2D eigenvalue weighted by molar-refractivity contribution is -0.143. The van der Waals surface area contributed by atoms with E-state index in [0.717, 1.165) is 38.8 Å². The van der Waals surface area contributed by atoms with Gasteiger partial charge in [-0.05, 0) is 55.8 Å². The monoisotopic (exact) mass is 373 g/mol. The first-order valence-corrected chi connectivity index (χ1v) is 9.26. The van der Waals surface area contributed by atoms with Crippen molar-refractivity contribution in [2.75, 3.05) is 19.6 Å². The topological polar surface area (TPSA) is 40.5 Å². The smallest absolute Gasteiger partial charge is 0.307 e. The van der Waals surface area contributed by atoms with Crippen LogP contribution in [0.2, 0.25) is 0 Å². The van der Waals surface area contributed by atoms with E-state index in [0.29, 0.717) is 12.5 Å². The maximum atomic E-state index is 11.3. The molecule has 1 heterocycles. The summed E-state index contributed by atoms with van der Waals surface area (Å²) in [5, 5.41) is 9.28. The van der Waals surface area contributed by atoms with Gasteiger partial charge in [-0.2, -0.15) is 0 Å². The van der Waals surface area contributed by atoms with Crippen LogP contribution in [-0.4, -0.2) is 35.6 Å². The molecule has 3 nitrogen and oxygen atoms in total. The Balaban J connectivity index is 0.00000243. The minimum atomic E-state index is -0.645. The van der Waals surface area contributed by atoms with E-state index in [4.69, 9.17) is 0 Å². The second-order valence-electron chi connectivity index (χ2n) is 7.06. The van der Waals surface area contributed by atoms with Crippen LogP contribution < -0.4 is 0 Å². The lowest BCUT2D eigenvalue weighted by atomic mass is 9.88. The van der Waals surface area contributed by atoms with Gasteiger partial charge >= 0.3 is 5.97 Å². The zero-order chi connectivity index (χ0) is 17.5. The van der Waals surface area contributed by atoms with Crippen molar-refractivity contribution >= 4 is 18.4 Å². The second-order valence-corrected chi connectivity index (χ2v) is 7.06. The predicted molar refractivity (Wildman–Crippen MR) is 108 cm³/mol. The van der Waals surface area contributed by atoms with E-state index in [1.165, 1.54) is 11.1 Å². The van der Waals surface area contributed by atoms with Gasteiger partial charge in [0.2, 0.25) is 0 Å². The van der Waals surface area contributed by atoms with Gasteiger partial charge in [0.25, 0.3) is 0 Å². The number of carbonyl (C=O) groups is 1. The molecule has 0 radical (unpaired) electrons. The van der Waals surface area contributed by atoms with Crippen LogP contribution in [-0.2, 0) is 11.2 Å². The molecule has 1 N–H and O–H groups in total. The Hall–Kier alpha value is -1.84. The molecule has 2 atom stereocenters. The van der Waals surface area contributed by atoms with E-state index >= 15 is 0 Å². The quantitative estimate of drug-likeness (QED) is 0.769. The summed E-state index contributed by atoms with van der Waals surface area (Å²) in [6.45, 7) is 2.69. The van der Waals surface area contributed by atoms with Crippen LogP contribution in [0.15, 0.2) is 60.7 Å². The summed E-state index contributed by atoms with van der Waals surface area (Å²) in [4.78, 5) is 13.6. The Morgan fingerprint density at radius 2 is 1.73 bits per heavy atom. The van der Waals surface area contributed by atoms with Crippen LogP contribution in [0.5, 0.6) is 0 Å². The molecular weight excluding hydrogens is 346 g/mol. The average molecular weight is 374 g/mol. The summed E-state index contributed by atoms with van der Waals surface area (Å²) >= 11 is 0. The molecule has 140 valence electrons. The molecule has 1 aliphatic rings. The van der Waals surface area contributed by atoms with E-state index in [1.807, 2.05) is 0 Å².